The number of ether oxygens (including phenoxy) is 1. The second-order valence-corrected chi connectivity index (χ2v) is 6.63. The molecule has 2 rings (SSSR count). The summed E-state index contributed by atoms with van der Waals surface area (Å²) in [6, 6.07) is 0. The predicted molar refractivity (Wildman–Crippen MR) is 76.9 cm³/mol. The molecule has 1 aliphatic heterocycles. The van der Waals surface area contributed by atoms with Crippen LogP contribution in [0.3, 0.4) is 0 Å². The van der Waals surface area contributed by atoms with Gasteiger partial charge in [0.25, 0.3) is 0 Å². The Morgan fingerprint density at radius 3 is 2.74 bits per heavy atom. The maximum absolute atomic E-state index is 11.9. The molecular formula is C16H29NO2. The molecular weight excluding hydrogens is 238 g/mol. The standard InChI is InChI=1S/C16H29NO2/c1-12-5-7-15(10-13(12)2)19-16(18)8-6-14-4-3-9-17-11-14/h12-15,17H,3-11H2,1-2H3. The normalized spacial score (nSPS) is 35.9. The van der Waals surface area contributed by atoms with Crippen LogP contribution in [0.25, 0.3) is 0 Å². The third-order valence-electron chi connectivity index (χ3n) is 5.00. The van der Waals surface area contributed by atoms with Crippen molar-refractivity contribution in [2.24, 2.45) is 17.8 Å². The summed E-state index contributed by atoms with van der Waals surface area (Å²) in [4.78, 5) is 11.9. The lowest BCUT2D eigenvalue weighted by molar-refractivity contribution is -0.152. The highest BCUT2D eigenvalue weighted by Gasteiger charge is 2.27. The first-order valence-electron chi connectivity index (χ1n) is 8.05. The topological polar surface area (TPSA) is 38.3 Å². The molecule has 0 aromatic heterocycles. The van der Waals surface area contributed by atoms with Crippen molar-refractivity contribution in [3.05, 3.63) is 0 Å². The number of rotatable bonds is 4. The fraction of sp³-hybridized carbons (Fsp3) is 0.938. The zero-order valence-corrected chi connectivity index (χ0v) is 12.5. The van der Waals surface area contributed by atoms with Gasteiger partial charge >= 0.3 is 5.97 Å². The molecule has 4 unspecified atom stereocenters. The van der Waals surface area contributed by atoms with E-state index in [1.807, 2.05) is 0 Å². The van der Waals surface area contributed by atoms with Crippen LogP contribution in [0.1, 0.15) is 58.8 Å². The van der Waals surface area contributed by atoms with Gasteiger partial charge in [-0.1, -0.05) is 13.8 Å². The molecule has 2 fully saturated rings. The van der Waals surface area contributed by atoms with Gasteiger partial charge in [-0.2, -0.15) is 0 Å². The molecule has 0 spiro atoms. The van der Waals surface area contributed by atoms with Crippen LogP contribution in [0.2, 0.25) is 0 Å². The quantitative estimate of drug-likeness (QED) is 0.795. The van der Waals surface area contributed by atoms with Gasteiger partial charge in [0.1, 0.15) is 6.10 Å². The fourth-order valence-corrected chi connectivity index (χ4v) is 3.34. The Hall–Kier alpha value is -0.570. The zero-order valence-electron chi connectivity index (χ0n) is 12.5. The van der Waals surface area contributed by atoms with Crippen LogP contribution < -0.4 is 5.32 Å². The van der Waals surface area contributed by atoms with Gasteiger partial charge in [-0.05, 0) is 69.4 Å². The number of carbonyl (C=O) groups excluding carboxylic acids is 1. The van der Waals surface area contributed by atoms with Gasteiger partial charge in [-0.3, -0.25) is 4.79 Å². The van der Waals surface area contributed by atoms with Gasteiger partial charge in [0.05, 0.1) is 0 Å². The minimum Gasteiger partial charge on any atom is -0.462 e. The van der Waals surface area contributed by atoms with E-state index in [0.29, 0.717) is 18.3 Å². The Labute approximate surface area is 117 Å². The van der Waals surface area contributed by atoms with Crippen molar-refractivity contribution in [1.29, 1.82) is 0 Å². The lowest BCUT2D eigenvalue weighted by atomic mass is 9.80. The van der Waals surface area contributed by atoms with Crippen molar-refractivity contribution in [3.8, 4) is 0 Å². The van der Waals surface area contributed by atoms with E-state index < -0.39 is 0 Å². The SMILES string of the molecule is CC1CCC(OC(=O)CCC2CCCNC2)CC1C. The lowest BCUT2D eigenvalue weighted by Gasteiger charge is -2.31. The monoisotopic (exact) mass is 267 g/mol. The molecule has 4 atom stereocenters. The first-order chi connectivity index (χ1) is 9.15. The van der Waals surface area contributed by atoms with Crippen molar-refractivity contribution in [1.82, 2.24) is 5.32 Å². The van der Waals surface area contributed by atoms with Gasteiger partial charge in [-0.25, -0.2) is 0 Å². The molecule has 1 saturated carbocycles. The van der Waals surface area contributed by atoms with E-state index in [1.54, 1.807) is 0 Å². The van der Waals surface area contributed by atoms with Crippen molar-refractivity contribution in [3.63, 3.8) is 0 Å². The van der Waals surface area contributed by atoms with Gasteiger partial charge < -0.3 is 10.1 Å². The number of piperidine rings is 1. The van der Waals surface area contributed by atoms with Gasteiger partial charge in [-0.15, -0.1) is 0 Å². The second-order valence-electron chi connectivity index (χ2n) is 6.63. The molecule has 1 N–H and O–H groups in total. The summed E-state index contributed by atoms with van der Waals surface area (Å²) in [7, 11) is 0. The molecule has 3 nitrogen and oxygen atoms in total. The Morgan fingerprint density at radius 2 is 2.05 bits per heavy atom. The molecule has 0 amide bonds. The summed E-state index contributed by atoms with van der Waals surface area (Å²) in [6.07, 6.45) is 7.60. The van der Waals surface area contributed by atoms with Crippen molar-refractivity contribution in [2.75, 3.05) is 13.1 Å². The summed E-state index contributed by atoms with van der Waals surface area (Å²) in [5.41, 5.74) is 0. The maximum atomic E-state index is 11.9. The average Bonchev–Trinajstić information content (AvgIpc) is 2.42. The van der Waals surface area contributed by atoms with Crippen molar-refractivity contribution in [2.45, 2.75) is 64.9 Å². The fourth-order valence-electron chi connectivity index (χ4n) is 3.34. The van der Waals surface area contributed by atoms with E-state index in [0.717, 1.165) is 38.3 Å². The van der Waals surface area contributed by atoms with E-state index in [2.05, 4.69) is 19.2 Å². The first kappa shape index (κ1) is 14.8. The second kappa shape index (κ2) is 7.28. The van der Waals surface area contributed by atoms with Crippen LogP contribution in [0.4, 0.5) is 0 Å². The molecule has 3 heteroatoms. The van der Waals surface area contributed by atoms with Gasteiger partial charge in [0, 0.05) is 6.42 Å². The summed E-state index contributed by atoms with van der Waals surface area (Å²) in [5.74, 6) is 2.17. The average molecular weight is 267 g/mol. The molecule has 0 aromatic carbocycles. The molecule has 0 radical (unpaired) electrons. The highest BCUT2D eigenvalue weighted by Crippen LogP contribution is 2.31. The van der Waals surface area contributed by atoms with E-state index in [4.69, 9.17) is 4.74 Å². The lowest BCUT2D eigenvalue weighted by Crippen LogP contribution is -2.31. The largest absolute Gasteiger partial charge is 0.462 e. The van der Waals surface area contributed by atoms with Crippen LogP contribution in [0.15, 0.2) is 0 Å². The van der Waals surface area contributed by atoms with Crippen molar-refractivity contribution < 1.29 is 9.53 Å². The van der Waals surface area contributed by atoms with Gasteiger partial charge in [0.15, 0.2) is 0 Å². The molecule has 1 saturated heterocycles. The molecule has 110 valence electrons. The molecule has 0 aromatic rings. The van der Waals surface area contributed by atoms with Crippen LogP contribution in [0, 0.1) is 17.8 Å². The number of hydrogen-bond donors (Lipinski definition) is 1. The summed E-state index contributed by atoms with van der Waals surface area (Å²) < 4.78 is 5.64. The minimum atomic E-state index is 0.0253. The molecule has 2 aliphatic rings. The minimum absolute atomic E-state index is 0.0253. The smallest absolute Gasteiger partial charge is 0.306 e. The third kappa shape index (κ3) is 4.79. The molecule has 0 bridgehead atoms. The Kier molecular flexibility index (Phi) is 5.68. The Morgan fingerprint density at radius 1 is 1.21 bits per heavy atom. The Balaban J connectivity index is 1.63. The highest BCUT2D eigenvalue weighted by atomic mass is 16.5. The Bertz CT molecular complexity index is 286. The third-order valence-corrected chi connectivity index (χ3v) is 5.00. The number of nitrogens with one attached hydrogen (secondary N) is 1. The van der Waals surface area contributed by atoms with E-state index >= 15 is 0 Å². The number of carbonyl (C=O) groups is 1. The van der Waals surface area contributed by atoms with E-state index in [9.17, 15) is 4.79 Å². The van der Waals surface area contributed by atoms with Crippen LogP contribution in [0.5, 0.6) is 0 Å². The van der Waals surface area contributed by atoms with Crippen LogP contribution in [-0.2, 0) is 9.53 Å². The van der Waals surface area contributed by atoms with Crippen LogP contribution >= 0.6 is 0 Å². The molecule has 19 heavy (non-hydrogen) atoms. The van der Waals surface area contributed by atoms with Gasteiger partial charge in [0.2, 0.25) is 0 Å². The number of hydrogen-bond acceptors (Lipinski definition) is 3. The molecule has 1 heterocycles. The summed E-state index contributed by atoms with van der Waals surface area (Å²) in [5, 5.41) is 3.40. The number of esters is 1. The maximum Gasteiger partial charge on any atom is 0.306 e. The van der Waals surface area contributed by atoms with Crippen LogP contribution in [-0.4, -0.2) is 25.2 Å². The van der Waals surface area contributed by atoms with E-state index in [1.165, 1.54) is 19.3 Å². The highest BCUT2D eigenvalue weighted by molar-refractivity contribution is 5.69. The summed E-state index contributed by atoms with van der Waals surface area (Å²) >= 11 is 0. The molecule has 1 aliphatic carbocycles. The first-order valence-corrected chi connectivity index (χ1v) is 8.05. The zero-order chi connectivity index (χ0) is 13.7. The van der Waals surface area contributed by atoms with Crippen molar-refractivity contribution >= 4 is 5.97 Å². The van der Waals surface area contributed by atoms with E-state index in [-0.39, 0.29) is 12.1 Å². The predicted octanol–water partition coefficient (Wildman–Crippen LogP) is 3.13. The summed E-state index contributed by atoms with van der Waals surface area (Å²) in [6.45, 7) is 6.79.